The molecule has 1 rings (SSSR count). The van der Waals surface area contributed by atoms with Gasteiger partial charge >= 0.3 is 10.4 Å². The molecule has 0 amide bonds. The zero-order valence-electron chi connectivity index (χ0n) is 8.69. The van der Waals surface area contributed by atoms with E-state index in [0.29, 0.717) is 6.17 Å². The predicted octanol–water partition coefficient (Wildman–Crippen LogP) is -2.14. The van der Waals surface area contributed by atoms with Crippen molar-refractivity contribution in [2.75, 3.05) is 13.1 Å². The van der Waals surface area contributed by atoms with E-state index in [0.717, 1.165) is 19.0 Å². The lowest BCUT2D eigenvalue weighted by atomic mass is 10.2. The summed E-state index contributed by atoms with van der Waals surface area (Å²) in [6.07, 6.45) is 0.565. The van der Waals surface area contributed by atoms with Gasteiger partial charge in [-0.05, 0) is 5.92 Å². The molecule has 0 aromatic rings. The van der Waals surface area contributed by atoms with Crippen LogP contribution >= 0.6 is 0 Å². The van der Waals surface area contributed by atoms with E-state index in [9.17, 15) is 0 Å². The fourth-order valence-electron chi connectivity index (χ4n) is 0.999. The Labute approximate surface area is 89.3 Å². The van der Waals surface area contributed by atoms with Crippen molar-refractivity contribution in [1.82, 2.24) is 10.6 Å². The van der Waals surface area contributed by atoms with E-state index in [-0.39, 0.29) is 11.0 Å². The van der Waals surface area contributed by atoms with Crippen LogP contribution in [-0.4, -0.2) is 47.7 Å². The second-order valence-corrected chi connectivity index (χ2v) is 3.97. The monoisotopic (exact) mass is 248 g/mol. The quantitative estimate of drug-likeness (QED) is 0.387. The van der Waals surface area contributed by atoms with Crippen molar-refractivity contribution >= 4 is 10.4 Å². The molecule has 0 aromatic heterocycles. The maximum atomic E-state index is 8.74. The van der Waals surface area contributed by atoms with E-state index in [1.165, 1.54) is 0 Å². The summed E-state index contributed by atoms with van der Waals surface area (Å²) < 4.78 is 31.6. The van der Waals surface area contributed by atoms with E-state index in [1.807, 2.05) is 0 Å². The summed E-state index contributed by atoms with van der Waals surface area (Å²) in [5, 5.41) is 6.69. The van der Waals surface area contributed by atoms with E-state index in [4.69, 9.17) is 17.5 Å². The molecule has 0 radical (unpaired) electrons. The first-order chi connectivity index (χ1) is 5.80. The maximum Gasteiger partial charge on any atom is 0.394 e. The summed E-state index contributed by atoms with van der Waals surface area (Å²) in [6, 6.07) is 0. The molecule has 0 aromatic carbocycles. The predicted molar refractivity (Wildman–Crippen MR) is 56.0 cm³/mol. The third-order valence-corrected chi connectivity index (χ3v) is 1.52. The summed E-state index contributed by atoms with van der Waals surface area (Å²) in [4.78, 5) is 0. The largest absolute Gasteiger partial charge is 0.412 e. The SMILES string of the molecule is CC(C)C1NCCN1.O.O.O=S(=O)(O)O. The Morgan fingerprint density at radius 3 is 1.53 bits per heavy atom. The van der Waals surface area contributed by atoms with Crippen LogP contribution in [0, 0.1) is 5.92 Å². The summed E-state index contributed by atoms with van der Waals surface area (Å²) in [6.45, 7) is 6.69. The first-order valence-electron chi connectivity index (χ1n) is 3.97. The highest BCUT2D eigenvalue weighted by molar-refractivity contribution is 7.79. The van der Waals surface area contributed by atoms with Gasteiger partial charge in [0.1, 0.15) is 0 Å². The molecule has 8 nitrogen and oxygen atoms in total. The maximum absolute atomic E-state index is 8.74. The molecular formula is C6H20N2O6S. The summed E-state index contributed by atoms with van der Waals surface area (Å²) >= 11 is 0. The van der Waals surface area contributed by atoms with Crippen LogP contribution in [0.4, 0.5) is 0 Å². The molecule has 0 aliphatic carbocycles. The summed E-state index contributed by atoms with van der Waals surface area (Å²) in [5.41, 5.74) is 0. The molecule has 0 saturated carbocycles. The molecule has 0 bridgehead atoms. The van der Waals surface area contributed by atoms with Gasteiger partial charge < -0.3 is 21.6 Å². The zero-order valence-corrected chi connectivity index (χ0v) is 9.50. The topological polar surface area (TPSA) is 162 Å². The van der Waals surface area contributed by atoms with Gasteiger partial charge in [-0.1, -0.05) is 13.8 Å². The minimum absolute atomic E-state index is 0. The minimum atomic E-state index is -4.67. The normalized spacial score (nSPS) is 16.1. The second-order valence-electron chi connectivity index (χ2n) is 3.08. The third-order valence-electron chi connectivity index (χ3n) is 1.52. The summed E-state index contributed by atoms with van der Waals surface area (Å²) in [5.74, 6) is 0.720. The molecule has 0 spiro atoms. The van der Waals surface area contributed by atoms with E-state index >= 15 is 0 Å². The average molecular weight is 248 g/mol. The molecule has 9 heteroatoms. The Balaban J connectivity index is -0.000000185. The highest BCUT2D eigenvalue weighted by Crippen LogP contribution is 1.99. The molecule has 1 fully saturated rings. The van der Waals surface area contributed by atoms with E-state index in [2.05, 4.69) is 24.5 Å². The van der Waals surface area contributed by atoms with Crippen molar-refractivity contribution in [2.24, 2.45) is 5.92 Å². The number of rotatable bonds is 1. The molecule has 1 heterocycles. The van der Waals surface area contributed by atoms with Crippen LogP contribution < -0.4 is 10.6 Å². The van der Waals surface area contributed by atoms with Crippen molar-refractivity contribution < 1.29 is 28.5 Å². The molecule has 1 aliphatic rings. The average Bonchev–Trinajstić information content (AvgIpc) is 2.31. The smallest absolute Gasteiger partial charge is 0.394 e. The van der Waals surface area contributed by atoms with Crippen molar-refractivity contribution in [3.8, 4) is 0 Å². The standard InChI is InChI=1S/C6H14N2.H2O4S.2H2O/c1-5(2)6-7-3-4-8-6;1-5(2,3)4;;/h5-8H,3-4H2,1-2H3;(H2,1,2,3,4);2*1H2. The van der Waals surface area contributed by atoms with Gasteiger partial charge in [0.25, 0.3) is 0 Å². The van der Waals surface area contributed by atoms with Crippen LogP contribution in [0.25, 0.3) is 0 Å². The first-order valence-corrected chi connectivity index (χ1v) is 5.37. The van der Waals surface area contributed by atoms with Crippen LogP contribution in [0.15, 0.2) is 0 Å². The van der Waals surface area contributed by atoms with Crippen molar-refractivity contribution in [3.05, 3.63) is 0 Å². The fourth-order valence-corrected chi connectivity index (χ4v) is 0.999. The Kier molecular flexibility index (Phi) is 12.1. The molecule has 15 heavy (non-hydrogen) atoms. The lowest BCUT2D eigenvalue weighted by Gasteiger charge is -2.13. The zero-order chi connectivity index (χ0) is 10.5. The van der Waals surface area contributed by atoms with Crippen molar-refractivity contribution in [2.45, 2.75) is 20.0 Å². The van der Waals surface area contributed by atoms with Gasteiger partial charge in [0.05, 0.1) is 6.17 Å². The van der Waals surface area contributed by atoms with Gasteiger partial charge in [-0.2, -0.15) is 8.42 Å². The minimum Gasteiger partial charge on any atom is -0.412 e. The van der Waals surface area contributed by atoms with Gasteiger partial charge in [0, 0.05) is 13.1 Å². The Morgan fingerprint density at radius 2 is 1.40 bits per heavy atom. The van der Waals surface area contributed by atoms with Gasteiger partial charge in [-0.3, -0.25) is 9.11 Å². The Hall–Kier alpha value is -0.290. The number of nitrogens with one attached hydrogen (secondary N) is 2. The lowest BCUT2D eigenvalue weighted by Crippen LogP contribution is -2.35. The molecule has 96 valence electrons. The molecule has 8 N–H and O–H groups in total. The molecular weight excluding hydrogens is 228 g/mol. The van der Waals surface area contributed by atoms with Crippen LogP contribution in [0.2, 0.25) is 0 Å². The van der Waals surface area contributed by atoms with Gasteiger partial charge in [0.15, 0.2) is 0 Å². The molecule has 1 saturated heterocycles. The highest BCUT2D eigenvalue weighted by Gasteiger charge is 2.15. The van der Waals surface area contributed by atoms with Crippen molar-refractivity contribution in [3.63, 3.8) is 0 Å². The van der Waals surface area contributed by atoms with E-state index < -0.39 is 10.4 Å². The second kappa shape index (κ2) is 8.97. The highest BCUT2D eigenvalue weighted by atomic mass is 32.3. The number of hydrogen-bond donors (Lipinski definition) is 4. The number of hydrogen-bond acceptors (Lipinski definition) is 4. The van der Waals surface area contributed by atoms with Crippen LogP contribution in [0.5, 0.6) is 0 Å². The van der Waals surface area contributed by atoms with Gasteiger partial charge in [-0.25, -0.2) is 0 Å². The fraction of sp³-hybridized carbons (Fsp3) is 1.00. The molecule has 0 atom stereocenters. The molecule has 0 unspecified atom stereocenters. The summed E-state index contributed by atoms with van der Waals surface area (Å²) in [7, 11) is -4.67. The van der Waals surface area contributed by atoms with Gasteiger partial charge in [0.2, 0.25) is 0 Å². The van der Waals surface area contributed by atoms with Crippen LogP contribution in [0.1, 0.15) is 13.8 Å². The Bertz CT molecular complexity index is 216. The Morgan fingerprint density at radius 1 is 1.13 bits per heavy atom. The van der Waals surface area contributed by atoms with Crippen LogP contribution in [-0.2, 0) is 10.4 Å². The van der Waals surface area contributed by atoms with Gasteiger partial charge in [-0.15, -0.1) is 0 Å². The third kappa shape index (κ3) is 16.4. The van der Waals surface area contributed by atoms with Crippen LogP contribution in [0.3, 0.4) is 0 Å². The van der Waals surface area contributed by atoms with E-state index in [1.54, 1.807) is 0 Å². The lowest BCUT2D eigenvalue weighted by molar-refractivity contribution is 0.381. The molecule has 1 aliphatic heterocycles. The van der Waals surface area contributed by atoms with Crippen molar-refractivity contribution in [1.29, 1.82) is 0 Å². The first kappa shape index (κ1) is 20.2.